The number of hydrogen-bond donors (Lipinski definition) is 1. The van der Waals surface area contributed by atoms with Crippen LogP contribution in [0.1, 0.15) is 6.92 Å². The maximum absolute atomic E-state index is 11.7. The summed E-state index contributed by atoms with van der Waals surface area (Å²) in [6.45, 7) is 7.48. The first kappa shape index (κ1) is 13.1. The van der Waals surface area contributed by atoms with E-state index in [4.69, 9.17) is 10.5 Å². The predicted octanol–water partition coefficient (Wildman–Crippen LogP) is 0.242. The van der Waals surface area contributed by atoms with Crippen molar-refractivity contribution in [2.45, 2.75) is 6.92 Å². The van der Waals surface area contributed by atoms with Gasteiger partial charge in [0.15, 0.2) is 0 Å². The van der Waals surface area contributed by atoms with Gasteiger partial charge < -0.3 is 15.4 Å². The molecule has 0 bridgehead atoms. The lowest BCUT2D eigenvalue weighted by atomic mass is 10.1. The molecule has 4 heteroatoms. The molecule has 82 valence electrons. The quantitative estimate of drug-likeness (QED) is 0.599. The van der Waals surface area contributed by atoms with Crippen molar-refractivity contribution in [3.05, 3.63) is 12.7 Å². The van der Waals surface area contributed by atoms with E-state index in [0.29, 0.717) is 26.2 Å². The standard InChI is InChI=1S/C10H20N2O2/c1-4-5-12(6-7-14-3)10(13)9(2)8-11/h4,9H,1,5-8,11H2,2-3H3. The van der Waals surface area contributed by atoms with Crippen LogP contribution in [0.4, 0.5) is 0 Å². The molecule has 0 aromatic carbocycles. The summed E-state index contributed by atoms with van der Waals surface area (Å²) < 4.78 is 4.92. The fraction of sp³-hybridized carbons (Fsp3) is 0.700. The molecule has 0 saturated heterocycles. The second kappa shape index (κ2) is 7.53. The number of ether oxygens (including phenoxy) is 1. The lowest BCUT2D eigenvalue weighted by Gasteiger charge is -2.23. The average molecular weight is 200 g/mol. The van der Waals surface area contributed by atoms with Crippen LogP contribution in [-0.4, -0.2) is 44.2 Å². The van der Waals surface area contributed by atoms with Crippen LogP contribution >= 0.6 is 0 Å². The Balaban J connectivity index is 4.16. The molecule has 0 saturated carbocycles. The molecule has 0 aliphatic rings. The molecular weight excluding hydrogens is 180 g/mol. The van der Waals surface area contributed by atoms with Crippen LogP contribution in [0.15, 0.2) is 12.7 Å². The minimum absolute atomic E-state index is 0.0597. The molecular formula is C10H20N2O2. The highest BCUT2D eigenvalue weighted by molar-refractivity contribution is 5.78. The lowest BCUT2D eigenvalue weighted by Crippen LogP contribution is -2.39. The Morgan fingerprint density at radius 2 is 2.36 bits per heavy atom. The Labute approximate surface area is 85.7 Å². The van der Waals surface area contributed by atoms with Crippen molar-refractivity contribution in [3.63, 3.8) is 0 Å². The van der Waals surface area contributed by atoms with Crippen LogP contribution in [0.2, 0.25) is 0 Å². The first-order valence-corrected chi connectivity index (χ1v) is 4.76. The van der Waals surface area contributed by atoms with Crippen molar-refractivity contribution in [2.24, 2.45) is 11.7 Å². The summed E-state index contributed by atoms with van der Waals surface area (Å²) in [6, 6.07) is 0. The third kappa shape index (κ3) is 4.39. The van der Waals surface area contributed by atoms with Crippen molar-refractivity contribution in [2.75, 3.05) is 33.4 Å². The van der Waals surface area contributed by atoms with Gasteiger partial charge in [-0.3, -0.25) is 4.79 Å². The van der Waals surface area contributed by atoms with Crippen LogP contribution in [0.5, 0.6) is 0 Å². The first-order valence-electron chi connectivity index (χ1n) is 4.76. The molecule has 1 amide bonds. The first-order chi connectivity index (χ1) is 6.67. The van der Waals surface area contributed by atoms with E-state index >= 15 is 0 Å². The summed E-state index contributed by atoms with van der Waals surface area (Å²) in [5.41, 5.74) is 5.43. The van der Waals surface area contributed by atoms with Crippen molar-refractivity contribution in [3.8, 4) is 0 Å². The second-order valence-electron chi connectivity index (χ2n) is 3.20. The Morgan fingerprint density at radius 1 is 1.71 bits per heavy atom. The van der Waals surface area contributed by atoms with E-state index in [9.17, 15) is 4.79 Å². The van der Waals surface area contributed by atoms with E-state index in [2.05, 4.69) is 6.58 Å². The van der Waals surface area contributed by atoms with Gasteiger partial charge in [-0.15, -0.1) is 6.58 Å². The zero-order valence-corrected chi connectivity index (χ0v) is 9.03. The second-order valence-corrected chi connectivity index (χ2v) is 3.20. The highest BCUT2D eigenvalue weighted by Gasteiger charge is 2.17. The smallest absolute Gasteiger partial charge is 0.227 e. The van der Waals surface area contributed by atoms with Crippen LogP contribution in [-0.2, 0) is 9.53 Å². The van der Waals surface area contributed by atoms with Crippen LogP contribution in [0.3, 0.4) is 0 Å². The zero-order valence-electron chi connectivity index (χ0n) is 9.03. The van der Waals surface area contributed by atoms with E-state index < -0.39 is 0 Å². The number of carbonyl (C=O) groups excluding carboxylic acids is 1. The minimum atomic E-state index is -0.133. The van der Waals surface area contributed by atoms with Crippen LogP contribution in [0, 0.1) is 5.92 Å². The number of carbonyl (C=O) groups is 1. The molecule has 0 aliphatic carbocycles. The van der Waals surface area contributed by atoms with E-state index in [1.54, 1.807) is 18.1 Å². The molecule has 0 spiro atoms. The van der Waals surface area contributed by atoms with Gasteiger partial charge in [-0.2, -0.15) is 0 Å². The number of hydrogen-bond acceptors (Lipinski definition) is 3. The highest BCUT2D eigenvalue weighted by atomic mass is 16.5. The zero-order chi connectivity index (χ0) is 11.0. The SMILES string of the molecule is C=CCN(CCOC)C(=O)C(C)CN. The Morgan fingerprint density at radius 3 is 2.79 bits per heavy atom. The van der Waals surface area contributed by atoms with Crippen LogP contribution < -0.4 is 5.73 Å². The lowest BCUT2D eigenvalue weighted by molar-refractivity contribution is -0.134. The van der Waals surface area contributed by atoms with Gasteiger partial charge in [0.2, 0.25) is 5.91 Å². The molecule has 0 aliphatic heterocycles. The molecule has 0 rings (SSSR count). The van der Waals surface area contributed by atoms with Gasteiger partial charge in [0.25, 0.3) is 0 Å². The van der Waals surface area contributed by atoms with Gasteiger partial charge in [-0.25, -0.2) is 0 Å². The van der Waals surface area contributed by atoms with E-state index in [0.717, 1.165) is 0 Å². The molecule has 0 radical (unpaired) electrons. The fourth-order valence-corrected chi connectivity index (χ4v) is 1.06. The van der Waals surface area contributed by atoms with Gasteiger partial charge >= 0.3 is 0 Å². The number of nitrogens with zero attached hydrogens (tertiary/aromatic N) is 1. The maximum atomic E-state index is 11.7. The van der Waals surface area contributed by atoms with Gasteiger partial charge in [-0.05, 0) is 0 Å². The molecule has 0 aromatic heterocycles. The number of nitrogens with two attached hydrogens (primary N) is 1. The van der Waals surface area contributed by atoms with Crippen molar-refractivity contribution in [1.29, 1.82) is 0 Å². The van der Waals surface area contributed by atoms with E-state index in [1.165, 1.54) is 0 Å². The van der Waals surface area contributed by atoms with E-state index in [1.807, 2.05) is 6.92 Å². The Kier molecular flexibility index (Phi) is 7.06. The summed E-state index contributed by atoms with van der Waals surface area (Å²) in [4.78, 5) is 13.4. The van der Waals surface area contributed by atoms with Gasteiger partial charge in [0.05, 0.1) is 6.61 Å². The summed E-state index contributed by atoms with van der Waals surface area (Å²) >= 11 is 0. The molecule has 0 heterocycles. The van der Waals surface area contributed by atoms with Crippen molar-refractivity contribution in [1.82, 2.24) is 4.90 Å². The van der Waals surface area contributed by atoms with E-state index in [-0.39, 0.29) is 11.8 Å². The van der Waals surface area contributed by atoms with Gasteiger partial charge in [0, 0.05) is 32.7 Å². The average Bonchev–Trinajstić information content (AvgIpc) is 2.22. The summed E-state index contributed by atoms with van der Waals surface area (Å²) in [6.07, 6.45) is 1.71. The molecule has 1 unspecified atom stereocenters. The predicted molar refractivity (Wildman–Crippen MR) is 56.9 cm³/mol. The summed E-state index contributed by atoms with van der Waals surface area (Å²) in [5.74, 6) is -0.0729. The van der Waals surface area contributed by atoms with Gasteiger partial charge in [-0.1, -0.05) is 13.0 Å². The highest BCUT2D eigenvalue weighted by Crippen LogP contribution is 2.01. The molecule has 1 atom stereocenters. The summed E-state index contributed by atoms with van der Waals surface area (Å²) in [5, 5.41) is 0. The van der Waals surface area contributed by atoms with Gasteiger partial charge in [0.1, 0.15) is 0 Å². The summed E-state index contributed by atoms with van der Waals surface area (Å²) in [7, 11) is 1.61. The van der Waals surface area contributed by atoms with Crippen molar-refractivity contribution < 1.29 is 9.53 Å². The largest absolute Gasteiger partial charge is 0.383 e. The number of amides is 1. The molecule has 14 heavy (non-hydrogen) atoms. The monoisotopic (exact) mass is 200 g/mol. The normalized spacial score (nSPS) is 12.2. The minimum Gasteiger partial charge on any atom is -0.383 e. The maximum Gasteiger partial charge on any atom is 0.227 e. The third-order valence-electron chi connectivity index (χ3n) is 2.00. The van der Waals surface area contributed by atoms with Crippen LogP contribution in [0.25, 0.3) is 0 Å². The Hall–Kier alpha value is -0.870. The number of rotatable bonds is 7. The Bertz CT molecular complexity index is 183. The molecule has 4 nitrogen and oxygen atoms in total. The number of methoxy groups -OCH3 is 1. The molecule has 0 fully saturated rings. The van der Waals surface area contributed by atoms with Crippen molar-refractivity contribution >= 4 is 5.91 Å². The molecule has 0 aromatic rings. The molecule has 2 N–H and O–H groups in total. The topological polar surface area (TPSA) is 55.6 Å². The third-order valence-corrected chi connectivity index (χ3v) is 2.00. The fourth-order valence-electron chi connectivity index (χ4n) is 1.06.